The molecular formula is C14H23BrN4O. The number of aryl methyl sites for hydroxylation is 2. The second-order valence-corrected chi connectivity index (χ2v) is 6.17. The summed E-state index contributed by atoms with van der Waals surface area (Å²) >= 11 is 3.66. The minimum absolute atomic E-state index is 0.117. The maximum Gasteiger partial charge on any atom is 0.224 e. The van der Waals surface area contributed by atoms with Crippen molar-refractivity contribution in [3.05, 3.63) is 15.9 Å². The Morgan fingerprint density at radius 3 is 2.90 bits per heavy atom. The molecule has 1 unspecified atom stereocenters. The predicted molar refractivity (Wildman–Crippen MR) is 82.4 cm³/mol. The summed E-state index contributed by atoms with van der Waals surface area (Å²) in [7, 11) is 3.70. The Kier molecular flexibility index (Phi) is 5.21. The molecule has 0 aromatic carbocycles. The third-order valence-electron chi connectivity index (χ3n) is 4.00. The molecule has 1 N–H and O–H groups in total. The number of carbonyl (C=O) groups is 1. The molecule has 0 bridgehead atoms. The van der Waals surface area contributed by atoms with Crippen LogP contribution in [0.25, 0.3) is 0 Å². The van der Waals surface area contributed by atoms with E-state index in [9.17, 15) is 4.79 Å². The molecule has 0 spiro atoms. The van der Waals surface area contributed by atoms with Crippen LogP contribution < -0.4 is 5.32 Å². The number of hydrogen-bond donors (Lipinski definition) is 1. The van der Waals surface area contributed by atoms with Crippen molar-refractivity contribution in [1.82, 2.24) is 20.0 Å². The number of piperidine rings is 1. The van der Waals surface area contributed by atoms with Crippen LogP contribution in [0.1, 0.15) is 31.2 Å². The largest absolute Gasteiger partial charge is 0.359 e. The number of nitrogens with zero attached hydrogens (tertiary/aromatic N) is 3. The van der Waals surface area contributed by atoms with Crippen LogP contribution in [0.15, 0.2) is 4.47 Å². The average molecular weight is 343 g/mol. The van der Waals surface area contributed by atoms with Gasteiger partial charge in [0.05, 0.1) is 21.8 Å². The van der Waals surface area contributed by atoms with E-state index in [0.29, 0.717) is 0 Å². The Hall–Kier alpha value is -0.880. The first-order valence-electron chi connectivity index (χ1n) is 7.21. The van der Waals surface area contributed by atoms with Crippen molar-refractivity contribution in [2.45, 2.75) is 32.7 Å². The second-order valence-electron chi connectivity index (χ2n) is 5.37. The van der Waals surface area contributed by atoms with E-state index in [1.807, 2.05) is 11.7 Å². The maximum atomic E-state index is 11.8. The standard InChI is InChI=1S/C14H23BrN4O/c1-4-11-13(15)12(18(3)17-11)9-19-7-5-6-10(8-19)14(20)16-2/h10H,4-9H2,1-3H3,(H,16,20). The van der Waals surface area contributed by atoms with Crippen molar-refractivity contribution in [2.75, 3.05) is 20.1 Å². The van der Waals surface area contributed by atoms with Gasteiger partial charge in [-0.3, -0.25) is 14.4 Å². The van der Waals surface area contributed by atoms with Gasteiger partial charge in [-0.25, -0.2) is 0 Å². The molecule has 0 saturated carbocycles. The van der Waals surface area contributed by atoms with Gasteiger partial charge >= 0.3 is 0 Å². The van der Waals surface area contributed by atoms with E-state index < -0.39 is 0 Å². The molecule has 1 saturated heterocycles. The summed E-state index contributed by atoms with van der Waals surface area (Å²) in [4.78, 5) is 14.1. The molecular weight excluding hydrogens is 320 g/mol. The zero-order valence-electron chi connectivity index (χ0n) is 12.4. The number of aromatic nitrogens is 2. The second kappa shape index (κ2) is 6.72. The molecule has 2 rings (SSSR count). The molecule has 1 atom stereocenters. The van der Waals surface area contributed by atoms with Gasteiger partial charge in [0.1, 0.15) is 0 Å². The lowest BCUT2D eigenvalue weighted by molar-refractivity contribution is -0.126. The van der Waals surface area contributed by atoms with E-state index in [2.05, 4.69) is 38.2 Å². The van der Waals surface area contributed by atoms with Gasteiger partial charge in [-0.05, 0) is 41.7 Å². The highest BCUT2D eigenvalue weighted by Crippen LogP contribution is 2.25. The lowest BCUT2D eigenvalue weighted by atomic mass is 9.97. The molecule has 2 heterocycles. The topological polar surface area (TPSA) is 50.2 Å². The van der Waals surface area contributed by atoms with Crippen LogP contribution in [-0.4, -0.2) is 40.7 Å². The molecule has 1 aromatic rings. The number of carbonyl (C=O) groups excluding carboxylic acids is 1. The monoisotopic (exact) mass is 342 g/mol. The van der Waals surface area contributed by atoms with E-state index in [-0.39, 0.29) is 11.8 Å². The van der Waals surface area contributed by atoms with Crippen LogP contribution in [0.2, 0.25) is 0 Å². The molecule has 112 valence electrons. The van der Waals surface area contributed by atoms with Crippen LogP contribution in [0.4, 0.5) is 0 Å². The molecule has 0 aliphatic carbocycles. The number of hydrogen-bond acceptors (Lipinski definition) is 3. The zero-order chi connectivity index (χ0) is 14.7. The van der Waals surface area contributed by atoms with Gasteiger partial charge in [-0.2, -0.15) is 5.10 Å². The summed E-state index contributed by atoms with van der Waals surface area (Å²) in [6.07, 6.45) is 2.99. The lowest BCUT2D eigenvalue weighted by Gasteiger charge is -2.31. The third kappa shape index (κ3) is 3.23. The molecule has 1 amide bonds. The summed E-state index contributed by atoms with van der Waals surface area (Å²) in [5.41, 5.74) is 2.29. The normalized spacial score (nSPS) is 20.1. The summed E-state index contributed by atoms with van der Waals surface area (Å²) in [5, 5.41) is 7.29. The highest BCUT2D eigenvalue weighted by atomic mass is 79.9. The van der Waals surface area contributed by atoms with Crippen LogP contribution in [-0.2, 0) is 24.8 Å². The summed E-state index contributed by atoms with van der Waals surface area (Å²) in [6, 6.07) is 0. The van der Waals surface area contributed by atoms with Crippen LogP contribution in [0.5, 0.6) is 0 Å². The summed E-state index contributed by atoms with van der Waals surface area (Å²) in [6.45, 7) is 4.84. The van der Waals surface area contributed by atoms with E-state index >= 15 is 0 Å². The van der Waals surface area contributed by atoms with Crippen molar-refractivity contribution in [3.63, 3.8) is 0 Å². The third-order valence-corrected chi connectivity index (χ3v) is 4.91. The molecule has 6 heteroatoms. The fraction of sp³-hybridized carbons (Fsp3) is 0.714. The molecule has 1 aromatic heterocycles. The van der Waals surface area contributed by atoms with Crippen molar-refractivity contribution in [3.8, 4) is 0 Å². The Labute approximate surface area is 128 Å². The van der Waals surface area contributed by atoms with Gasteiger partial charge in [-0.15, -0.1) is 0 Å². The van der Waals surface area contributed by atoms with Crippen molar-refractivity contribution < 1.29 is 4.79 Å². The van der Waals surface area contributed by atoms with Gasteiger partial charge in [0.15, 0.2) is 0 Å². The van der Waals surface area contributed by atoms with Crippen LogP contribution >= 0.6 is 15.9 Å². The van der Waals surface area contributed by atoms with Gasteiger partial charge in [0.25, 0.3) is 0 Å². The first-order chi connectivity index (χ1) is 9.56. The Morgan fingerprint density at radius 2 is 2.30 bits per heavy atom. The number of amides is 1. The Morgan fingerprint density at radius 1 is 1.55 bits per heavy atom. The van der Waals surface area contributed by atoms with Crippen molar-refractivity contribution in [2.24, 2.45) is 13.0 Å². The summed E-state index contributed by atoms with van der Waals surface area (Å²) < 4.78 is 3.07. The minimum Gasteiger partial charge on any atom is -0.359 e. The van der Waals surface area contributed by atoms with Crippen LogP contribution in [0.3, 0.4) is 0 Å². The Balaban J connectivity index is 2.06. The van der Waals surface area contributed by atoms with Crippen molar-refractivity contribution >= 4 is 21.8 Å². The minimum atomic E-state index is 0.117. The van der Waals surface area contributed by atoms with Gasteiger partial charge in [0.2, 0.25) is 5.91 Å². The molecule has 0 radical (unpaired) electrons. The van der Waals surface area contributed by atoms with Gasteiger partial charge in [-0.1, -0.05) is 6.92 Å². The molecule has 1 fully saturated rings. The zero-order valence-corrected chi connectivity index (χ0v) is 14.0. The first-order valence-corrected chi connectivity index (χ1v) is 8.00. The molecule has 1 aliphatic heterocycles. The number of likely N-dealkylation sites (tertiary alicyclic amines) is 1. The average Bonchev–Trinajstić information content (AvgIpc) is 2.74. The number of halogens is 1. The maximum absolute atomic E-state index is 11.8. The number of rotatable bonds is 4. The van der Waals surface area contributed by atoms with E-state index in [1.165, 1.54) is 5.69 Å². The fourth-order valence-corrected chi connectivity index (χ4v) is 3.56. The molecule has 5 nitrogen and oxygen atoms in total. The van der Waals surface area contributed by atoms with E-state index in [4.69, 9.17) is 0 Å². The van der Waals surface area contributed by atoms with Crippen molar-refractivity contribution in [1.29, 1.82) is 0 Å². The van der Waals surface area contributed by atoms with Gasteiger partial charge < -0.3 is 5.32 Å². The highest BCUT2D eigenvalue weighted by molar-refractivity contribution is 9.10. The number of nitrogens with one attached hydrogen (secondary N) is 1. The fourth-order valence-electron chi connectivity index (χ4n) is 2.82. The molecule has 1 aliphatic rings. The predicted octanol–water partition coefficient (Wildman–Crippen LogP) is 1.70. The lowest BCUT2D eigenvalue weighted by Crippen LogP contribution is -2.42. The van der Waals surface area contributed by atoms with Gasteiger partial charge in [0, 0.05) is 27.2 Å². The first kappa shape index (κ1) is 15.5. The van der Waals surface area contributed by atoms with Crippen LogP contribution in [0, 0.1) is 5.92 Å². The SMILES string of the molecule is CCc1nn(C)c(CN2CCCC(C(=O)NC)C2)c1Br. The smallest absolute Gasteiger partial charge is 0.224 e. The highest BCUT2D eigenvalue weighted by Gasteiger charge is 2.26. The Bertz CT molecular complexity index is 486. The quantitative estimate of drug-likeness (QED) is 0.905. The summed E-state index contributed by atoms with van der Waals surface area (Å²) in [5.74, 6) is 0.277. The van der Waals surface area contributed by atoms with E-state index in [1.54, 1.807) is 7.05 Å². The van der Waals surface area contributed by atoms with E-state index in [0.717, 1.165) is 49.1 Å². The molecule has 20 heavy (non-hydrogen) atoms.